The largest absolute Gasteiger partial charge is 0.443 e. The van der Waals surface area contributed by atoms with Crippen LogP contribution >= 0.6 is 0 Å². The smallest absolute Gasteiger partial charge is 0.418 e. The molecule has 0 saturated carbocycles. The molecule has 158 valence electrons. The number of aryl methyl sites for hydroxylation is 1. The summed E-state index contributed by atoms with van der Waals surface area (Å²) in [6, 6.07) is 7.81. The molecule has 0 heterocycles. The third-order valence-corrected chi connectivity index (χ3v) is 4.77. The van der Waals surface area contributed by atoms with E-state index >= 15 is 0 Å². The SMILES string of the molecule is CC1=CCC(CCN(C(=O)NCCc2ccc(C)cc2)C(=O)OC(C)(C)C)C=C1. The molecular weight excluding hydrogens is 364 g/mol. The van der Waals surface area contributed by atoms with Gasteiger partial charge in [0.15, 0.2) is 0 Å². The summed E-state index contributed by atoms with van der Waals surface area (Å²) in [5, 5.41) is 2.86. The van der Waals surface area contributed by atoms with Crippen molar-refractivity contribution < 1.29 is 14.3 Å². The predicted octanol–water partition coefficient (Wildman–Crippen LogP) is 5.40. The molecule has 1 aliphatic rings. The van der Waals surface area contributed by atoms with E-state index in [9.17, 15) is 9.59 Å². The number of carbonyl (C=O) groups excluding carboxylic acids is 2. The lowest BCUT2D eigenvalue weighted by atomic mass is 9.94. The summed E-state index contributed by atoms with van der Waals surface area (Å²) in [6.07, 6.45) is 8.18. The quantitative estimate of drug-likeness (QED) is 0.698. The van der Waals surface area contributed by atoms with E-state index in [1.54, 1.807) is 20.8 Å². The van der Waals surface area contributed by atoms with Crippen LogP contribution in [0.2, 0.25) is 0 Å². The van der Waals surface area contributed by atoms with Gasteiger partial charge in [-0.05, 0) is 65.4 Å². The number of rotatable bonds is 6. The van der Waals surface area contributed by atoms with Gasteiger partial charge in [-0.3, -0.25) is 0 Å². The molecule has 1 aromatic rings. The van der Waals surface area contributed by atoms with Crippen molar-refractivity contribution in [2.75, 3.05) is 13.1 Å². The molecule has 1 aromatic carbocycles. The second kappa shape index (κ2) is 10.3. The molecule has 29 heavy (non-hydrogen) atoms. The molecule has 0 spiro atoms. The summed E-state index contributed by atoms with van der Waals surface area (Å²) in [4.78, 5) is 26.5. The minimum Gasteiger partial charge on any atom is -0.443 e. The van der Waals surface area contributed by atoms with E-state index in [1.807, 2.05) is 6.92 Å². The van der Waals surface area contributed by atoms with Gasteiger partial charge in [-0.15, -0.1) is 0 Å². The number of nitrogens with one attached hydrogen (secondary N) is 1. The van der Waals surface area contributed by atoms with E-state index < -0.39 is 17.7 Å². The van der Waals surface area contributed by atoms with Crippen molar-refractivity contribution in [3.05, 3.63) is 59.2 Å². The standard InChI is InChI=1S/C24H34N2O3/c1-18-6-10-20(11-7-18)14-16-25-22(27)26(23(28)29-24(3,4)5)17-15-21-12-8-19(2)9-13-21/h6-12,21H,13-17H2,1-5H3,(H,25,27). The number of hydrogen-bond acceptors (Lipinski definition) is 3. The lowest BCUT2D eigenvalue weighted by molar-refractivity contribution is 0.0316. The van der Waals surface area contributed by atoms with E-state index in [1.165, 1.54) is 16.0 Å². The molecule has 5 nitrogen and oxygen atoms in total. The Hall–Kier alpha value is -2.56. The van der Waals surface area contributed by atoms with Crippen molar-refractivity contribution in [2.24, 2.45) is 5.92 Å². The Morgan fingerprint density at radius 3 is 2.45 bits per heavy atom. The number of imide groups is 1. The zero-order valence-electron chi connectivity index (χ0n) is 18.3. The molecule has 0 bridgehead atoms. The highest BCUT2D eigenvalue weighted by Crippen LogP contribution is 2.20. The number of allylic oxidation sites excluding steroid dienone is 4. The van der Waals surface area contributed by atoms with Crippen molar-refractivity contribution in [1.82, 2.24) is 10.2 Å². The maximum atomic E-state index is 12.7. The monoisotopic (exact) mass is 398 g/mol. The van der Waals surface area contributed by atoms with Crippen LogP contribution in [0.3, 0.4) is 0 Å². The van der Waals surface area contributed by atoms with Crippen LogP contribution in [0.25, 0.3) is 0 Å². The number of carbonyl (C=O) groups is 2. The third-order valence-electron chi connectivity index (χ3n) is 4.77. The van der Waals surface area contributed by atoms with Crippen LogP contribution in [0.15, 0.2) is 48.1 Å². The summed E-state index contributed by atoms with van der Waals surface area (Å²) in [5.41, 5.74) is 2.95. The molecule has 1 unspecified atom stereocenters. The minimum absolute atomic E-state index is 0.323. The summed E-state index contributed by atoms with van der Waals surface area (Å²) >= 11 is 0. The molecule has 1 N–H and O–H groups in total. The highest BCUT2D eigenvalue weighted by Gasteiger charge is 2.27. The van der Waals surface area contributed by atoms with Gasteiger partial charge in [0.05, 0.1) is 0 Å². The maximum absolute atomic E-state index is 12.7. The molecule has 1 aliphatic carbocycles. The lowest BCUT2D eigenvalue weighted by Crippen LogP contribution is -2.47. The average Bonchev–Trinajstić information content (AvgIpc) is 2.63. The van der Waals surface area contributed by atoms with Crippen molar-refractivity contribution in [3.63, 3.8) is 0 Å². The number of hydrogen-bond donors (Lipinski definition) is 1. The maximum Gasteiger partial charge on any atom is 0.418 e. The Balaban J connectivity index is 1.93. The summed E-state index contributed by atoms with van der Waals surface area (Å²) in [5.74, 6) is 0.323. The van der Waals surface area contributed by atoms with Crippen molar-refractivity contribution >= 4 is 12.1 Å². The fraction of sp³-hybridized carbons (Fsp3) is 0.500. The third kappa shape index (κ3) is 8.14. The first kappa shape index (κ1) is 22.7. The van der Waals surface area contributed by atoms with E-state index in [-0.39, 0.29) is 0 Å². The Morgan fingerprint density at radius 2 is 1.86 bits per heavy atom. The Morgan fingerprint density at radius 1 is 1.17 bits per heavy atom. The fourth-order valence-corrected chi connectivity index (χ4v) is 3.04. The number of ether oxygens (including phenoxy) is 1. The Labute approximate surface area is 174 Å². The van der Waals surface area contributed by atoms with Gasteiger partial charge in [0.2, 0.25) is 0 Å². The zero-order chi connectivity index (χ0) is 21.4. The molecule has 3 amide bonds. The van der Waals surface area contributed by atoms with Gasteiger partial charge in [0.1, 0.15) is 5.60 Å². The van der Waals surface area contributed by atoms with Crippen molar-refractivity contribution in [1.29, 1.82) is 0 Å². The van der Waals surface area contributed by atoms with Gasteiger partial charge in [-0.1, -0.05) is 53.6 Å². The minimum atomic E-state index is -0.651. The molecule has 0 saturated heterocycles. The van der Waals surface area contributed by atoms with E-state index in [0.29, 0.717) is 31.8 Å². The summed E-state index contributed by atoms with van der Waals surface area (Å²) < 4.78 is 5.45. The number of benzene rings is 1. The average molecular weight is 399 g/mol. The number of nitrogens with zero attached hydrogens (tertiary/aromatic N) is 1. The van der Waals surface area contributed by atoms with E-state index in [0.717, 1.165) is 12.0 Å². The van der Waals surface area contributed by atoms with Crippen LogP contribution in [0.5, 0.6) is 0 Å². The van der Waals surface area contributed by atoms with Gasteiger partial charge in [0, 0.05) is 13.1 Å². The molecular formula is C24H34N2O3. The Bertz CT molecular complexity index is 757. The second-order valence-corrected chi connectivity index (χ2v) is 8.69. The van der Waals surface area contributed by atoms with Crippen LogP contribution in [-0.2, 0) is 11.2 Å². The van der Waals surface area contributed by atoms with Crippen molar-refractivity contribution in [3.8, 4) is 0 Å². The topological polar surface area (TPSA) is 58.6 Å². The molecule has 0 radical (unpaired) electrons. The van der Waals surface area contributed by atoms with Crippen LogP contribution in [-0.4, -0.2) is 35.7 Å². The molecule has 2 rings (SSSR count). The predicted molar refractivity (Wildman–Crippen MR) is 117 cm³/mol. The van der Waals surface area contributed by atoms with Gasteiger partial charge < -0.3 is 10.1 Å². The highest BCUT2D eigenvalue weighted by molar-refractivity contribution is 5.91. The Kier molecular flexibility index (Phi) is 8.06. The lowest BCUT2D eigenvalue weighted by Gasteiger charge is -2.27. The van der Waals surface area contributed by atoms with Gasteiger partial charge in [-0.25, -0.2) is 14.5 Å². The van der Waals surface area contributed by atoms with Crippen LogP contribution < -0.4 is 5.32 Å². The van der Waals surface area contributed by atoms with Gasteiger partial charge >= 0.3 is 12.1 Å². The van der Waals surface area contributed by atoms with Crippen LogP contribution in [0.1, 0.15) is 51.7 Å². The fourth-order valence-electron chi connectivity index (χ4n) is 3.04. The molecule has 0 fully saturated rings. The molecule has 5 heteroatoms. The summed E-state index contributed by atoms with van der Waals surface area (Å²) in [7, 11) is 0. The van der Waals surface area contributed by atoms with Crippen LogP contribution in [0, 0.1) is 12.8 Å². The highest BCUT2D eigenvalue weighted by atomic mass is 16.6. The van der Waals surface area contributed by atoms with Gasteiger partial charge in [0.25, 0.3) is 0 Å². The van der Waals surface area contributed by atoms with E-state index in [4.69, 9.17) is 4.74 Å². The molecule has 0 aliphatic heterocycles. The first-order valence-electron chi connectivity index (χ1n) is 10.3. The van der Waals surface area contributed by atoms with Crippen LogP contribution in [0.4, 0.5) is 9.59 Å². The normalized spacial score (nSPS) is 16.2. The van der Waals surface area contributed by atoms with Crippen molar-refractivity contribution in [2.45, 2.75) is 59.5 Å². The summed E-state index contributed by atoms with van der Waals surface area (Å²) in [6.45, 7) is 10.3. The number of urea groups is 1. The first-order valence-corrected chi connectivity index (χ1v) is 10.3. The molecule has 1 atom stereocenters. The van der Waals surface area contributed by atoms with E-state index in [2.05, 4.69) is 54.7 Å². The number of amides is 3. The van der Waals surface area contributed by atoms with Gasteiger partial charge in [-0.2, -0.15) is 0 Å². The zero-order valence-corrected chi connectivity index (χ0v) is 18.3. The first-order chi connectivity index (χ1) is 13.6. The molecule has 0 aromatic heterocycles. The second-order valence-electron chi connectivity index (χ2n) is 8.69.